The first kappa shape index (κ1) is 19.9. The van der Waals surface area contributed by atoms with Crippen LogP contribution in [-0.4, -0.2) is 46.5 Å². The van der Waals surface area contributed by atoms with Gasteiger partial charge in [0.2, 0.25) is 0 Å². The first-order valence-corrected chi connectivity index (χ1v) is 10.7. The van der Waals surface area contributed by atoms with Crippen molar-refractivity contribution >= 4 is 5.96 Å². The van der Waals surface area contributed by atoms with Crippen molar-refractivity contribution in [1.82, 2.24) is 25.4 Å². The summed E-state index contributed by atoms with van der Waals surface area (Å²) in [7, 11) is 1.98. The molecule has 2 N–H and O–H groups in total. The zero-order chi connectivity index (χ0) is 20.1. The summed E-state index contributed by atoms with van der Waals surface area (Å²) in [6.45, 7) is 5.04. The molecule has 1 atom stereocenters. The summed E-state index contributed by atoms with van der Waals surface area (Å²) in [5, 5.41) is 15.4. The fourth-order valence-corrected chi connectivity index (χ4v) is 3.82. The van der Waals surface area contributed by atoms with Gasteiger partial charge in [0, 0.05) is 26.7 Å². The van der Waals surface area contributed by atoms with Crippen molar-refractivity contribution in [2.45, 2.75) is 51.7 Å². The van der Waals surface area contributed by atoms with Crippen molar-refractivity contribution in [1.29, 1.82) is 0 Å². The number of hydrogen-bond acceptors (Lipinski definition) is 4. The van der Waals surface area contributed by atoms with Crippen LogP contribution in [0, 0.1) is 12.3 Å². The third-order valence-electron chi connectivity index (χ3n) is 6.09. The SMILES string of the molecule is Cc1nnc(CN=C(NCC2CCCO2)NCC2(Cc3ccccc3)CC2)n1C. The van der Waals surface area contributed by atoms with Gasteiger partial charge in [0.05, 0.1) is 6.10 Å². The van der Waals surface area contributed by atoms with E-state index in [0.29, 0.717) is 12.0 Å². The van der Waals surface area contributed by atoms with Gasteiger partial charge < -0.3 is 19.9 Å². The highest BCUT2D eigenvalue weighted by Crippen LogP contribution is 2.47. The van der Waals surface area contributed by atoms with E-state index in [1.54, 1.807) is 0 Å². The van der Waals surface area contributed by atoms with Crippen LogP contribution in [-0.2, 0) is 24.8 Å². The van der Waals surface area contributed by atoms with Gasteiger partial charge in [0.15, 0.2) is 11.8 Å². The first-order valence-electron chi connectivity index (χ1n) is 10.7. The molecule has 1 aromatic heterocycles. The minimum Gasteiger partial charge on any atom is -0.376 e. The molecule has 7 heteroatoms. The second kappa shape index (κ2) is 8.95. The van der Waals surface area contributed by atoms with E-state index in [1.807, 2.05) is 18.5 Å². The summed E-state index contributed by atoms with van der Waals surface area (Å²) < 4.78 is 7.74. The summed E-state index contributed by atoms with van der Waals surface area (Å²) >= 11 is 0. The van der Waals surface area contributed by atoms with Gasteiger partial charge in [-0.15, -0.1) is 10.2 Å². The van der Waals surface area contributed by atoms with Gasteiger partial charge >= 0.3 is 0 Å². The summed E-state index contributed by atoms with van der Waals surface area (Å²) in [6.07, 6.45) is 6.17. The normalized spacial score (nSPS) is 20.6. The standard InChI is InChI=1S/C22H32N6O/c1-17-26-27-20(28(17)2)15-24-21(23-14-19-9-6-12-29-19)25-16-22(10-11-22)13-18-7-4-3-5-8-18/h3-5,7-8,19H,6,9-16H2,1-2H3,(H2,23,24,25). The van der Waals surface area contributed by atoms with Gasteiger partial charge in [-0.25, -0.2) is 4.99 Å². The van der Waals surface area contributed by atoms with E-state index < -0.39 is 0 Å². The molecule has 7 nitrogen and oxygen atoms in total. The predicted octanol–water partition coefficient (Wildman–Crippen LogP) is 2.36. The number of ether oxygens (including phenoxy) is 1. The monoisotopic (exact) mass is 396 g/mol. The Bertz CT molecular complexity index is 821. The molecule has 1 aromatic carbocycles. The zero-order valence-corrected chi connectivity index (χ0v) is 17.5. The molecule has 2 fully saturated rings. The van der Waals surface area contributed by atoms with E-state index in [4.69, 9.17) is 9.73 Å². The molecule has 1 aliphatic heterocycles. The molecule has 2 heterocycles. The molecule has 1 saturated carbocycles. The minimum atomic E-state index is 0.276. The number of benzene rings is 1. The van der Waals surface area contributed by atoms with E-state index in [-0.39, 0.29) is 6.10 Å². The first-order chi connectivity index (χ1) is 14.1. The van der Waals surface area contributed by atoms with Gasteiger partial charge in [0.25, 0.3) is 0 Å². The lowest BCUT2D eigenvalue weighted by Gasteiger charge is -2.20. The molecule has 0 spiro atoms. The second-order valence-corrected chi connectivity index (χ2v) is 8.42. The van der Waals surface area contributed by atoms with E-state index in [0.717, 1.165) is 56.6 Å². The van der Waals surface area contributed by atoms with Crippen LogP contribution in [0.15, 0.2) is 35.3 Å². The third-order valence-corrected chi connectivity index (χ3v) is 6.09. The third kappa shape index (κ3) is 5.35. The lowest BCUT2D eigenvalue weighted by atomic mass is 9.96. The molecule has 1 saturated heterocycles. The summed E-state index contributed by atoms with van der Waals surface area (Å²) in [6, 6.07) is 10.8. The van der Waals surface area contributed by atoms with Crippen LogP contribution in [0.4, 0.5) is 0 Å². The maximum Gasteiger partial charge on any atom is 0.191 e. The topological polar surface area (TPSA) is 76.4 Å². The summed E-state index contributed by atoms with van der Waals surface area (Å²) in [4.78, 5) is 4.78. The molecule has 1 aliphatic carbocycles. The highest BCUT2D eigenvalue weighted by molar-refractivity contribution is 5.79. The summed E-state index contributed by atoms with van der Waals surface area (Å²) in [5.41, 5.74) is 1.75. The van der Waals surface area contributed by atoms with Crippen LogP contribution in [0.5, 0.6) is 0 Å². The molecule has 2 aliphatic rings. The Morgan fingerprint density at radius 3 is 2.72 bits per heavy atom. The van der Waals surface area contributed by atoms with Crippen molar-refractivity contribution < 1.29 is 4.74 Å². The fraction of sp³-hybridized carbons (Fsp3) is 0.591. The Balaban J connectivity index is 1.37. The van der Waals surface area contributed by atoms with E-state index in [9.17, 15) is 0 Å². The van der Waals surface area contributed by atoms with Crippen LogP contribution in [0.2, 0.25) is 0 Å². The van der Waals surface area contributed by atoms with Crippen molar-refractivity contribution in [2.24, 2.45) is 17.5 Å². The smallest absolute Gasteiger partial charge is 0.191 e. The van der Waals surface area contributed by atoms with Crippen molar-refractivity contribution in [3.63, 3.8) is 0 Å². The average molecular weight is 397 g/mol. The number of nitrogens with zero attached hydrogens (tertiary/aromatic N) is 4. The lowest BCUT2D eigenvalue weighted by molar-refractivity contribution is 0.113. The Labute approximate surface area is 173 Å². The molecule has 2 aromatic rings. The van der Waals surface area contributed by atoms with Crippen LogP contribution < -0.4 is 10.6 Å². The van der Waals surface area contributed by atoms with Crippen molar-refractivity contribution in [3.8, 4) is 0 Å². The average Bonchev–Trinajstić information content (AvgIpc) is 3.14. The number of aryl methyl sites for hydroxylation is 1. The molecular weight excluding hydrogens is 364 g/mol. The molecule has 156 valence electrons. The van der Waals surface area contributed by atoms with E-state index >= 15 is 0 Å². The fourth-order valence-electron chi connectivity index (χ4n) is 3.82. The van der Waals surface area contributed by atoms with Crippen molar-refractivity contribution in [3.05, 3.63) is 47.5 Å². The van der Waals surface area contributed by atoms with Crippen molar-refractivity contribution in [2.75, 3.05) is 19.7 Å². The number of hydrogen-bond donors (Lipinski definition) is 2. The van der Waals surface area contributed by atoms with Gasteiger partial charge in [0.1, 0.15) is 12.4 Å². The van der Waals surface area contributed by atoms with Crippen LogP contribution in [0.3, 0.4) is 0 Å². The molecule has 1 unspecified atom stereocenters. The highest BCUT2D eigenvalue weighted by Gasteiger charge is 2.42. The molecule has 4 rings (SSSR count). The van der Waals surface area contributed by atoms with E-state index in [2.05, 4.69) is 51.2 Å². The number of nitrogens with one attached hydrogen (secondary N) is 2. The van der Waals surface area contributed by atoms with Crippen LogP contribution in [0.1, 0.15) is 42.9 Å². The largest absolute Gasteiger partial charge is 0.376 e. The van der Waals surface area contributed by atoms with Gasteiger partial charge in [-0.2, -0.15) is 0 Å². The van der Waals surface area contributed by atoms with Crippen LogP contribution >= 0.6 is 0 Å². The lowest BCUT2D eigenvalue weighted by Crippen LogP contribution is -2.43. The molecular formula is C22H32N6O. The molecule has 29 heavy (non-hydrogen) atoms. The predicted molar refractivity (Wildman–Crippen MR) is 114 cm³/mol. The Morgan fingerprint density at radius 2 is 2.07 bits per heavy atom. The van der Waals surface area contributed by atoms with Gasteiger partial charge in [-0.05, 0) is 50.0 Å². The number of guanidine groups is 1. The highest BCUT2D eigenvalue weighted by atomic mass is 16.5. The summed E-state index contributed by atoms with van der Waals surface area (Å²) in [5.74, 6) is 2.60. The zero-order valence-electron chi connectivity index (χ0n) is 17.5. The number of aliphatic imine (C=N–C) groups is 1. The van der Waals surface area contributed by atoms with E-state index in [1.165, 1.54) is 18.4 Å². The maximum atomic E-state index is 5.75. The second-order valence-electron chi connectivity index (χ2n) is 8.42. The Morgan fingerprint density at radius 1 is 1.24 bits per heavy atom. The maximum absolute atomic E-state index is 5.75. The van der Waals surface area contributed by atoms with Crippen LogP contribution in [0.25, 0.3) is 0 Å². The van der Waals surface area contributed by atoms with Gasteiger partial charge in [-0.3, -0.25) is 0 Å². The molecule has 0 amide bonds. The Hall–Kier alpha value is -2.41. The van der Waals surface area contributed by atoms with Gasteiger partial charge in [-0.1, -0.05) is 30.3 Å². The number of rotatable bonds is 8. The number of aromatic nitrogens is 3. The molecule has 0 radical (unpaired) electrons. The minimum absolute atomic E-state index is 0.276. The molecule has 0 bridgehead atoms. The Kier molecular flexibility index (Phi) is 6.13. The quantitative estimate of drug-likeness (QED) is 0.529.